The molecule has 0 aliphatic heterocycles. The molecular weight excluding hydrogens is 352 g/mol. The van der Waals surface area contributed by atoms with Crippen LogP contribution in [0.5, 0.6) is 5.75 Å². The molecule has 0 aliphatic rings. The number of methoxy groups -OCH3 is 1. The van der Waals surface area contributed by atoms with Gasteiger partial charge in [-0.15, -0.1) is 16.4 Å². The number of aryl methyl sites for hydroxylation is 1. The van der Waals surface area contributed by atoms with Crippen LogP contribution in [0.25, 0.3) is 17.0 Å². The van der Waals surface area contributed by atoms with Crippen LogP contribution in [0.3, 0.4) is 0 Å². The average Bonchev–Trinajstić information content (AvgIpc) is 3.29. The Kier molecular flexibility index (Phi) is 4.05. The van der Waals surface area contributed by atoms with E-state index in [-0.39, 0.29) is 5.82 Å². The van der Waals surface area contributed by atoms with Crippen LogP contribution in [0.4, 0.5) is 5.13 Å². The van der Waals surface area contributed by atoms with E-state index in [1.807, 2.05) is 36.6 Å². The number of hydrogen-bond acceptors (Lipinski definition) is 7. The van der Waals surface area contributed by atoms with Crippen LogP contribution >= 0.6 is 11.3 Å². The van der Waals surface area contributed by atoms with Gasteiger partial charge in [-0.05, 0) is 25.1 Å². The maximum Gasteiger partial charge on any atom is 0.297 e. The summed E-state index contributed by atoms with van der Waals surface area (Å²) in [7, 11) is 1.61. The molecule has 0 bridgehead atoms. The number of anilines is 1. The number of carbonyl (C=O) groups excluding carboxylic acids is 1. The van der Waals surface area contributed by atoms with Crippen molar-refractivity contribution in [3.63, 3.8) is 0 Å². The van der Waals surface area contributed by atoms with E-state index in [9.17, 15) is 4.79 Å². The second-order valence-corrected chi connectivity index (χ2v) is 6.28. The van der Waals surface area contributed by atoms with Crippen molar-refractivity contribution in [1.82, 2.24) is 24.6 Å². The number of amides is 1. The molecule has 0 fully saturated rings. The maximum absolute atomic E-state index is 12.4. The molecule has 0 radical (unpaired) electrons. The first-order valence-corrected chi connectivity index (χ1v) is 8.62. The normalized spacial score (nSPS) is 10.8. The molecular formula is C17H14N6O2S. The summed E-state index contributed by atoms with van der Waals surface area (Å²) in [5.74, 6) is 0.708. The summed E-state index contributed by atoms with van der Waals surface area (Å²) >= 11 is 1.32. The van der Waals surface area contributed by atoms with Gasteiger partial charge in [0.05, 0.1) is 12.8 Å². The Bertz CT molecular complexity index is 1100. The monoisotopic (exact) mass is 366 g/mol. The number of nitrogens with zero attached hydrogens (tertiary/aromatic N) is 5. The Hall–Kier alpha value is -3.33. The Labute approximate surface area is 152 Å². The number of fused-ring (bicyclic) bond motifs is 1. The van der Waals surface area contributed by atoms with E-state index in [0.29, 0.717) is 10.9 Å². The number of nitrogens with one attached hydrogen (secondary N) is 1. The maximum atomic E-state index is 12.4. The first kappa shape index (κ1) is 16.2. The SMILES string of the molecule is COc1ccccc1-c1csc(NC(=O)c2nc3nccc(C)n3n2)n1. The molecule has 1 amide bonds. The highest BCUT2D eigenvalue weighted by atomic mass is 32.1. The van der Waals surface area contributed by atoms with Crippen LogP contribution in [0.15, 0.2) is 41.9 Å². The van der Waals surface area contributed by atoms with Crippen LogP contribution in [-0.4, -0.2) is 37.6 Å². The molecule has 4 aromatic rings. The third kappa shape index (κ3) is 2.88. The van der Waals surface area contributed by atoms with Crippen molar-refractivity contribution in [3.8, 4) is 17.0 Å². The second kappa shape index (κ2) is 6.52. The van der Waals surface area contributed by atoms with Gasteiger partial charge in [-0.2, -0.15) is 4.98 Å². The van der Waals surface area contributed by atoms with Gasteiger partial charge in [-0.3, -0.25) is 10.1 Å². The van der Waals surface area contributed by atoms with Crippen molar-refractivity contribution >= 4 is 28.2 Å². The Morgan fingerprint density at radius 3 is 2.88 bits per heavy atom. The third-order valence-corrected chi connectivity index (χ3v) is 4.50. The number of rotatable bonds is 4. The van der Waals surface area contributed by atoms with Crippen molar-refractivity contribution in [3.05, 3.63) is 53.4 Å². The molecule has 0 atom stereocenters. The standard InChI is InChI=1S/C17H14N6O2S/c1-10-7-8-18-16-20-14(22-23(10)16)15(24)21-17-19-12(9-26-17)11-5-3-4-6-13(11)25-2/h3-9H,1-2H3,(H,19,21,24). The van der Waals surface area contributed by atoms with Gasteiger partial charge in [0.1, 0.15) is 5.75 Å². The topological polar surface area (TPSA) is 94.3 Å². The molecule has 4 rings (SSSR count). The fourth-order valence-corrected chi connectivity index (χ4v) is 3.17. The number of aromatic nitrogens is 5. The Morgan fingerprint density at radius 1 is 1.23 bits per heavy atom. The summed E-state index contributed by atoms with van der Waals surface area (Å²) in [6, 6.07) is 9.37. The lowest BCUT2D eigenvalue weighted by atomic mass is 10.1. The predicted molar refractivity (Wildman–Crippen MR) is 97.6 cm³/mol. The number of hydrogen-bond donors (Lipinski definition) is 1. The average molecular weight is 366 g/mol. The van der Waals surface area contributed by atoms with E-state index in [0.717, 1.165) is 22.7 Å². The molecule has 26 heavy (non-hydrogen) atoms. The minimum absolute atomic E-state index is 0.0424. The summed E-state index contributed by atoms with van der Waals surface area (Å²) in [5.41, 5.74) is 2.43. The van der Waals surface area contributed by atoms with E-state index in [1.165, 1.54) is 15.9 Å². The molecule has 0 unspecified atom stereocenters. The van der Waals surface area contributed by atoms with Gasteiger partial charge in [-0.25, -0.2) is 14.5 Å². The lowest BCUT2D eigenvalue weighted by molar-refractivity contribution is 0.101. The summed E-state index contributed by atoms with van der Waals surface area (Å²) in [4.78, 5) is 25.1. The molecule has 0 saturated carbocycles. The summed E-state index contributed by atoms with van der Waals surface area (Å²) < 4.78 is 6.88. The van der Waals surface area contributed by atoms with E-state index in [2.05, 4.69) is 25.4 Å². The molecule has 0 spiro atoms. The van der Waals surface area contributed by atoms with Crippen molar-refractivity contribution in [2.24, 2.45) is 0 Å². The molecule has 1 aromatic carbocycles. The van der Waals surface area contributed by atoms with Crippen molar-refractivity contribution in [1.29, 1.82) is 0 Å². The fourth-order valence-electron chi connectivity index (χ4n) is 2.47. The van der Waals surface area contributed by atoms with E-state index in [4.69, 9.17) is 4.74 Å². The molecule has 1 N–H and O–H groups in total. The molecule has 0 aliphatic carbocycles. The van der Waals surface area contributed by atoms with E-state index < -0.39 is 5.91 Å². The molecule has 9 heteroatoms. The highest BCUT2D eigenvalue weighted by Crippen LogP contribution is 2.31. The number of thiazole rings is 1. The first-order valence-electron chi connectivity index (χ1n) is 7.74. The zero-order valence-electron chi connectivity index (χ0n) is 14.0. The summed E-state index contributed by atoms with van der Waals surface area (Å²) in [6.45, 7) is 1.87. The minimum atomic E-state index is -0.434. The molecule has 130 valence electrons. The minimum Gasteiger partial charge on any atom is -0.496 e. The van der Waals surface area contributed by atoms with Crippen LogP contribution in [0, 0.1) is 6.92 Å². The third-order valence-electron chi connectivity index (χ3n) is 3.74. The molecule has 0 saturated heterocycles. The van der Waals surface area contributed by atoms with Gasteiger partial charge in [0.25, 0.3) is 11.7 Å². The van der Waals surface area contributed by atoms with Gasteiger partial charge in [0.15, 0.2) is 5.13 Å². The van der Waals surface area contributed by atoms with Crippen molar-refractivity contribution in [2.75, 3.05) is 12.4 Å². The molecule has 8 nitrogen and oxygen atoms in total. The van der Waals surface area contributed by atoms with E-state index in [1.54, 1.807) is 19.4 Å². The lowest BCUT2D eigenvalue weighted by Crippen LogP contribution is -2.13. The largest absolute Gasteiger partial charge is 0.496 e. The zero-order valence-corrected chi connectivity index (χ0v) is 14.8. The number of carbonyl (C=O) groups is 1. The summed E-state index contributed by atoms with van der Waals surface area (Å²) in [5, 5.41) is 9.23. The van der Waals surface area contributed by atoms with Gasteiger partial charge >= 0.3 is 0 Å². The lowest BCUT2D eigenvalue weighted by Gasteiger charge is -2.04. The van der Waals surface area contributed by atoms with Crippen LogP contribution in [0.2, 0.25) is 0 Å². The van der Waals surface area contributed by atoms with Crippen molar-refractivity contribution in [2.45, 2.75) is 6.92 Å². The van der Waals surface area contributed by atoms with Gasteiger partial charge < -0.3 is 4.74 Å². The quantitative estimate of drug-likeness (QED) is 0.597. The van der Waals surface area contributed by atoms with Crippen molar-refractivity contribution < 1.29 is 9.53 Å². The van der Waals surface area contributed by atoms with Gasteiger partial charge in [0, 0.05) is 22.8 Å². The van der Waals surface area contributed by atoms with Crippen LogP contribution in [-0.2, 0) is 0 Å². The van der Waals surface area contributed by atoms with Gasteiger partial charge in [0.2, 0.25) is 5.82 Å². The Morgan fingerprint density at radius 2 is 2.08 bits per heavy atom. The second-order valence-electron chi connectivity index (χ2n) is 5.43. The fraction of sp³-hybridized carbons (Fsp3) is 0.118. The summed E-state index contributed by atoms with van der Waals surface area (Å²) in [6.07, 6.45) is 1.63. The van der Waals surface area contributed by atoms with Gasteiger partial charge in [-0.1, -0.05) is 12.1 Å². The first-order chi connectivity index (χ1) is 12.7. The van der Waals surface area contributed by atoms with E-state index >= 15 is 0 Å². The smallest absolute Gasteiger partial charge is 0.297 e. The van der Waals surface area contributed by atoms with Crippen LogP contribution in [0.1, 0.15) is 16.3 Å². The highest BCUT2D eigenvalue weighted by Gasteiger charge is 2.17. The van der Waals surface area contributed by atoms with Crippen LogP contribution < -0.4 is 10.1 Å². The zero-order chi connectivity index (χ0) is 18.1. The number of ether oxygens (including phenoxy) is 1. The number of benzene rings is 1. The number of para-hydroxylation sites is 1. The molecule has 3 heterocycles. The molecule has 3 aromatic heterocycles. The predicted octanol–water partition coefficient (Wildman–Crippen LogP) is 2.82. The Balaban J connectivity index is 1.58. The highest BCUT2D eigenvalue weighted by molar-refractivity contribution is 7.14.